The van der Waals surface area contributed by atoms with Gasteiger partial charge in [-0.25, -0.2) is 4.98 Å². The largest absolute Gasteiger partial charge is 0.377 e. The molecular formula is C15H18N2O2S2. The van der Waals surface area contributed by atoms with Crippen molar-refractivity contribution in [3.8, 4) is 0 Å². The van der Waals surface area contributed by atoms with E-state index in [-0.39, 0.29) is 5.56 Å². The number of aryl methyl sites for hydroxylation is 2. The lowest BCUT2D eigenvalue weighted by atomic mass is 10.2. The molecule has 2 aromatic rings. The molecule has 21 heavy (non-hydrogen) atoms. The highest BCUT2D eigenvalue weighted by atomic mass is 32.2. The van der Waals surface area contributed by atoms with Crippen LogP contribution in [0.4, 0.5) is 0 Å². The summed E-state index contributed by atoms with van der Waals surface area (Å²) < 4.78 is 7.36. The van der Waals surface area contributed by atoms with Gasteiger partial charge in [0.15, 0.2) is 5.16 Å². The number of thioether (sulfide) groups is 1. The summed E-state index contributed by atoms with van der Waals surface area (Å²) in [5, 5.41) is 1.69. The zero-order chi connectivity index (χ0) is 14.4. The molecule has 0 saturated carbocycles. The van der Waals surface area contributed by atoms with Gasteiger partial charge in [-0.15, -0.1) is 11.3 Å². The Labute approximate surface area is 131 Å². The number of rotatable bonds is 3. The maximum Gasteiger partial charge on any atom is 0.262 e. The second-order valence-electron chi connectivity index (χ2n) is 5.74. The first-order valence-corrected chi connectivity index (χ1v) is 9.30. The first kappa shape index (κ1) is 13.8. The summed E-state index contributed by atoms with van der Waals surface area (Å²) in [6, 6.07) is 0. The van der Waals surface area contributed by atoms with Crippen LogP contribution in [0.15, 0.2) is 9.95 Å². The van der Waals surface area contributed by atoms with E-state index >= 15 is 0 Å². The van der Waals surface area contributed by atoms with Crippen molar-refractivity contribution in [1.29, 1.82) is 0 Å². The zero-order valence-corrected chi connectivity index (χ0v) is 13.7. The Kier molecular flexibility index (Phi) is 3.55. The van der Waals surface area contributed by atoms with Crippen molar-refractivity contribution in [1.82, 2.24) is 9.55 Å². The van der Waals surface area contributed by atoms with E-state index in [0.29, 0.717) is 6.10 Å². The molecule has 1 aliphatic heterocycles. The normalized spacial score (nSPS) is 21.3. The van der Waals surface area contributed by atoms with E-state index in [1.54, 1.807) is 27.7 Å². The molecular weight excluding hydrogens is 304 g/mol. The Morgan fingerprint density at radius 1 is 1.43 bits per heavy atom. The summed E-state index contributed by atoms with van der Waals surface area (Å²) >= 11 is 3.36. The molecule has 1 atom stereocenters. The summed E-state index contributed by atoms with van der Waals surface area (Å²) in [6.45, 7) is 0.869. The van der Waals surface area contributed by atoms with Crippen molar-refractivity contribution in [2.45, 2.75) is 43.4 Å². The fraction of sp³-hybridized carbons (Fsp3) is 0.600. The van der Waals surface area contributed by atoms with Gasteiger partial charge in [-0.05, 0) is 37.7 Å². The van der Waals surface area contributed by atoms with Gasteiger partial charge >= 0.3 is 0 Å². The molecule has 112 valence electrons. The first-order valence-electron chi connectivity index (χ1n) is 7.49. The fourth-order valence-corrected chi connectivity index (χ4v) is 5.52. The van der Waals surface area contributed by atoms with E-state index < -0.39 is 0 Å². The molecule has 0 bridgehead atoms. The molecule has 6 heteroatoms. The summed E-state index contributed by atoms with van der Waals surface area (Å²) in [7, 11) is 1.84. The second-order valence-corrected chi connectivity index (χ2v) is 7.81. The van der Waals surface area contributed by atoms with Crippen LogP contribution >= 0.6 is 23.1 Å². The lowest BCUT2D eigenvalue weighted by Crippen LogP contribution is -2.21. The summed E-state index contributed by atoms with van der Waals surface area (Å²) in [4.78, 5) is 19.7. The molecule has 0 N–H and O–H groups in total. The van der Waals surface area contributed by atoms with E-state index in [1.807, 2.05) is 7.05 Å². The minimum Gasteiger partial charge on any atom is -0.377 e. The number of nitrogens with zero attached hydrogens (tertiary/aromatic N) is 2. The van der Waals surface area contributed by atoms with Crippen LogP contribution in [0.3, 0.4) is 0 Å². The molecule has 0 aromatic carbocycles. The molecule has 0 radical (unpaired) electrons. The predicted octanol–water partition coefficient (Wildman–Crippen LogP) is 2.75. The minimum absolute atomic E-state index is 0.120. The number of hydrogen-bond acceptors (Lipinski definition) is 5. The van der Waals surface area contributed by atoms with Crippen LogP contribution in [0.25, 0.3) is 10.2 Å². The van der Waals surface area contributed by atoms with Crippen LogP contribution in [0, 0.1) is 0 Å². The Hall–Kier alpha value is -0.850. The molecule has 2 aromatic heterocycles. The van der Waals surface area contributed by atoms with E-state index in [1.165, 1.54) is 16.9 Å². The van der Waals surface area contributed by atoms with Gasteiger partial charge in [0.2, 0.25) is 0 Å². The number of ether oxygens (including phenoxy) is 1. The Morgan fingerprint density at radius 3 is 3.14 bits per heavy atom. The smallest absolute Gasteiger partial charge is 0.262 e. The van der Waals surface area contributed by atoms with Crippen molar-refractivity contribution < 1.29 is 4.74 Å². The quantitative estimate of drug-likeness (QED) is 0.644. The van der Waals surface area contributed by atoms with Crippen LogP contribution in [0.5, 0.6) is 0 Å². The van der Waals surface area contributed by atoms with Gasteiger partial charge in [0.1, 0.15) is 4.83 Å². The summed E-state index contributed by atoms with van der Waals surface area (Å²) in [6.07, 6.45) is 5.91. The third kappa shape index (κ3) is 2.33. The molecule has 3 heterocycles. The lowest BCUT2D eigenvalue weighted by Gasteiger charge is -2.10. The SMILES string of the molecule is Cn1c(SC[C@H]2CCCO2)nc2sc3c(c2c1=O)CCC3. The highest BCUT2D eigenvalue weighted by Gasteiger charge is 2.23. The molecule has 0 spiro atoms. The van der Waals surface area contributed by atoms with Crippen molar-refractivity contribution in [2.75, 3.05) is 12.4 Å². The zero-order valence-electron chi connectivity index (χ0n) is 12.1. The van der Waals surface area contributed by atoms with Crippen molar-refractivity contribution in [3.05, 3.63) is 20.8 Å². The molecule has 1 fully saturated rings. The molecule has 0 amide bonds. The number of aromatic nitrogens is 2. The van der Waals surface area contributed by atoms with Crippen LogP contribution in [0.1, 0.15) is 29.7 Å². The Bertz CT molecular complexity index is 744. The van der Waals surface area contributed by atoms with Gasteiger partial charge in [0.05, 0.1) is 11.5 Å². The van der Waals surface area contributed by atoms with Crippen molar-refractivity contribution in [3.63, 3.8) is 0 Å². The van der Waals surface area contributed by atoms with Gasteiger partial charge in [-0.2, -0.15) is 0 Å². The maximum atomic E-state index is 12.7. The van der Waals surface area contributed by atoms with E-state index in [4.69, 9.17) is 9.72 Å². The van der Waals surface area contributed by atoms with E-state index in [9.17, 15) is 4.79 Å². The number of hydrogen-bond donors (Lipinski definition) is 0. The van der Waals surface area contributed by atoms with Gasteiger partial charge in [-0.1, -0.05) is 11.8 Å². The topological polar surface area (TPSA) is 44.1 Å². The van der Waals surface area contributed by atoms with Crippen LogP contribution < -0.4 is 5.56 Å². The lowest BCUT2D eigenvalue weighted by molar-refractivity contribution is 0.129. The summed E-state index contributed by atoms with van der Waals surface area (Å²) in [5.74, 6) is 0.886. The van der Waals surface area contributed by atoms with Gasteiger partial charge in [0.25, 0.3) is 5.56 Å². The second kappa shape index (κ2) is 5.41. The standard InChI is InChI=1S/C15H18N2O2S2/c1-17-14(18)12-10-5-2-6-11(10)21-13(12)16-15(17)20-8-9-4-3-7-19-9/h9H,2-8H2,1H3/t9-/m1/s1. The predicted molar refractivity (Wildman–Crippen MR) is 86.6 cm³/mol. The van der Waals surface area contributed by atoms with Gasteiger partial charge in [-0.3, -0.25) is 9.36 Å². The van der Waals surface area contributed by atoms with Gasteiger partial charge < -0.3 is 4.74 Å². The number of fused-ring (bicyclic) bond motifs is 3. The first-order chi connectivity index (χ1) is 10.2. The van der Waals surface area contributed by atoms with Crippen LogP contribution in [-0.4, -0.2) is 28.0 Å². The molecule has 2 aliphatic rings. The minimum atomic E-state index is 0.120. The molecule has 0 unspecified atom stereocenters. The Balaban J connectivity index is 1.70. The highest BCUT2D eigenvalue weighted by molar-refractivity contribution is 7.99. The average Bonchev–Trinajstić information content (AvgIpc) is 3.17. The van der Waals surface area contributed by atoms with Crippen molar-refractivity contribution >= 4 is 33.3 Å². The average molecular weight is 322 g/mol. The molecule has 4 nitrogen and oxygen atoms in total. The molecule has 4 rings (SSSR count). The third-order valence-corrected chi connectivity index (χ3v) is 6.68. The van der Waals surface area contributed by atoms with Crippen LogP contribution in [-0.2, 0) is 24.6 Å². The number of thiophene rings is 1. The maximum absolute atomic E-state index is 12.7. The van der Waals surface area contributed by atoms with Crippen LogP contribution in [0.2, 0.25) is 0 Å². The molecule has 1 aliphatic carbocycles. The highest BCUT2D eigenvalue weighted by Crippen LogP contribution is 2.35. The fourth-order valence-electron chi connectivity index (χ4n) is 3.18. The van der Waals surface area contributed by atoms with E-state index in [0.717, 1.165) is 53.4 Å². The third-order valence-electron chi connectivity index (χ3n) is 4.33. The van der Waals surface area contributed by atoms with Gasteiger partial charge in [0, 0.05) is 24.3 Å². The monoisotopic (exact) mass is 322 g/mol. The van der Waals surface area contributed by atoms with E-state index in [2.05, 4.69) is 0 Å². The summed E-state index contributed by atoms with van der Waals surface area (Å²) in [5.41, 5.74) is 1.38. The molecule has 1 saturated heterocycles. The Morgan fingerprint density at radius 2 is 2.33 bits per heavy atom. The van der Waals surface area contributed by atoms with Crippen molar-refractivity contribution in [2.24, 2.45) is 7.05 Å².